The highest BCUT2D eigenvalue weighted by atomic mass is 127. The number of aromatic nitrogens is 3. The molecule has 1 aliphatic rings. The van der Waals surface area contributed by atoms with Gasteiger partial charge in [0.2, 0.25) is 0 Å². The second kappa shape index (κ2) is 10.4. The van der Waals surface area contributed by atoms with Crippen molar-refractivity contribution < 1.29 is 0 Å². The number of guanidine groups is 1. The number of nitrogens with two attached hydrogens (primary N) is 1. The first-order chi connectivity index (χ1) is 11.8. The van der Waals surface area contributed by atoms with Crippen molar-refractivity contribution in [1.82, 2.24) is 20.1 Å². The molecule has 0 unspecified atom stereocenters. The molecule has 0 radical (unpaired) electrons. The Morgan fingerprint density at radius 3 is 2.80 bits per heavy atom. The van der Waals surface area contributed by atoms with Gasteiger partial charge in [-0.05, 0) is 24.8 Å². The standard InChI is InChI=1S/C18H26N6.HI/c19-18(20-12-10-15-7-3-1-4-8-15)21-13-11-17-23-22-16-9-5-2-6-14-24(16)17;/h1,3-4,7-8H,2,5-6,9-14H2,(H3,19,20,21);1H. The van der Waals surface area contributed by atoms with Gasteiger partial charge in [-0.3, -0.25) is 4.99 Å². The number of nitrogens with one attached hydrogen (secondary N) is 1. The molecule has 0 spiro atoms. The summed E-state index contributed by atoms with van der Waals surface area (Å²) in [5, 5.41) is 11.8. The highest BCUT2D eigenvalue weighted by Gasteiger charge is 2.13. The number of aryl methyl sites for hydroxylation is 1. The molecule has 6 nitrogen and oxygen atoms in total. The first kappa shape index (κ1) is 19.7. The van der Waals surface area contributed by atoms with Gasteiger partial charge in [0.05, 0.1) is 0 Å². The molecule has 136 valence electrons. The van der Waals surface area contributed by atoms with E-state index in [0.717, 1.165) is 44.0 Å². The maximum absolute atomic E-state index is 5.94. The second-order valence-electron chi connectivity index (χ2n) is 6.17. The van der Waals surface area contributed by atoms with Crippen molar-refractivity contribution in [3.8, 4) is 0 Å². The first-order valence-corrected chi connectivity index (χ1v) is 8.81. The third-order valence-corrected chi connectivity index (χ3v) is 4.37. The molecular weight excluding hydrogens is 427 g/mol. The van der Waals surface area contributed by atoms with Crippen molar-refractivity contribution in [1.29, 1.82) is 0 Å². The number of hydrogen-bond acceptors (Lipinski definition) is 3. The average Bonchev–Trinajstić information content (AvgIpc) is 2.83. The molecule has 25 heavy (non-hydrogen) atoms. The Balaban J connectivity index is 0.00000225. The maximum atomic E-state index is 5.94. The lowest BCUT2D eigenvalue weighted by Gasteiger charge is -2.07. The van der Waals surface area contributed by atoms with Gasteiger partial charge >= 0.3 is 0 Å². The third-order valence-electron chi connectivity index (χ3n) is 4.37. The Bertz CT molecular complexity index is 667. The smallest absolute Gasteiger partial charge is 0.188 e. The van der Waals surface area contributed by atoms with Crippen LogP contribution in [-0.2, 0) is 25.8 Å². The SMILES string of the molecule is I.NC(=NCCc1nnc2n1CCCCC2)NCCc1ccccc1. The molecule has 7 heteroatoms. The average molecular weight is 454 g/mol. The zero-order valence-electron chi connectivity index (χ0n) is 14.5. The molecule has 1 aromatic carbocycles. The topological polar surface area (TPSA) is 81.1 Å². The molecule has 0 bridgehead atoms. The lowest BCUT2D eigenvalue weighted by molar-refractivity contribution is 0.604. The molecule has 0 amide bonds. The predicted molar refractivity (Wildman–Crippen MR) is 111 cm³/mol. The highest BCUT2D eigenvalue weighted by molar-refractivity contribution is 14.0. The van der Waals surface area contributed by atoms with Crippen LogP contribution in [0.25, 0.3) is 0 Å². The lowest BCUT2D eigenvalue weighted by atomic mass is 10.1. The van der Waals surface area contributed by atoms with E-state index < -0.39 is 0 Å². The highest BCUT2D eigenvalue weighted by Crippen LogP contribution is 2.14. The van der Waals surface area contributed by atoms with E-state index in [9.17, 15) is 0 Å². The number of hydrogen-bond donors (Lipinski definition) is 2. The van der Waals surface area contributed by atoms with Gasteiger partial charge in [-0.25, -0.2) is 0 Å². The summed E-state index contributed by atoms with van der Waals surface area (Å²) in [6.45, 7) is 2.47. The molecule has 1 aromatic heterocycles. The summed E-state index contributed by atoms with van der Waals surface area (Å²) in [4.78, 5) is 4.40. The summed E-state index contributed by atoms with van der Waals surface area (Å²) < 4.78 is 2.27. The first-order valence-electron chi connectivity index (χ1n) is 8.81. The summed E-state index contributed by atoms with van der Waals surface area (Å²) >= 11 is 0. The lowest BCUT2D eigenvalue weighted by Crippen LogP contribution is -2.33. The van der Waals surface area contributed by atoms with Crippen LogP contribution in [0, 0.1) is 0 Å². The van der Waals surface area contributed by atoms with Crippen LogP contribution in [0.3, 0.4) is 0 Å². The van der Waals surface area contributed by atoms with E-state index in [-0.39, 0.29) is 24.0 Å². The number of benzene rings is 1. The van der Waals surface area contributed by atoms with Crippen LogP contribution in [-0.4, -0.2) is 33.8 Å². The van der Waals surface area contributed by atoms with Gasteiger partial charge < -0.3 is 15.6 Å². The minimum absolute atomic E-state index is 0. The second-order valence-corrected chi connectivity index (χ2v) is 6.17. The Hall–Kier alpha value is -1.64. The molecule has 0 aliphatic carbocycles. The molecule has 0 saturated carbocycles. The van der Waals surface area contributed by atoms with Crippen molar-refractivity contribution in [3.63, 3.8) is 0 Å². The summed E-state index contributed by atoms with van der Waals surface area (Å²) in [6.07, 6.45) is 6.47. The van der Waals surface area contributed by atoms with Crippen molar-refractivity contribution in [2.75, 3.05) is 13.1 Å². The van der Waals surface area contributed by atoms with Crippen LogP contribution in [0.15, 0.2) is 35.3 Å². The Morgan fingerprint density at radius 2 is 1.96 bits per heavy atom. The van der Waals surface area contributed by atoms with Gasteiger partial charge in [-0.2, -0.15) is 0 Å². The predicted octanol–water partition coefficient (Wildman–Crippen LogP) is 2.31. The fourth-order valence-corrected chi connectivity index (χ4v) is 3.04. The van der Waals surface area contributed by atoms with E-state index in [1.54, 1.807) is 0 Å². The molecule has 3 rings (SSSR count). The van der Waals surface area contributed by atoms with E-state index in [2.05, 4.69) is 37.2 Å². The van der Waals surface area contributed by atoms with Crippen molar-refractivity contribution in [2.24, 2.45) is 10.7 Å². The molecular formula is C18H27IN6. The summed E-state index contributed by atoms with van der Waals surface area (Å²) in [5.74, 6) is 2.66. The number of aliphatic imine (C=N–C) groups is 1. The Kier molecular flexibility index (Phi) is 8.17. The fourth-order valence-electron chi connectivity index (χ4n) is 3.04. The van der Waals surface area contributed by atoms with Gasteiger partial charge in [0.25, 0.3) is 0 Å². The number of nitrogens with zero attached hydrogens (tertiary/aromatic N) is 4. The molecule has 2 heterocycles. The summed E-state index contributed by atoms with van der Waals surface area (Å²) in [7, 11) is 0. The van der Waals surface area contributed by atoms with Crippen LogP contribution >= 0.6 is 24.0 Å². The van der Waals surface area contributed by atoms with Crippen molar-refractivity contribution in [2.45, 2.75) is 45.1 Å². The maximum Gasteiger partial charge on any atom is 0.188 e. The van der Waals surface area contributed by atoms with Crippen LogP contribution in [0.5, 0.6) is 0 Å². The van der Waals surface area contributed by atoms with Crippen molar-refractivity contribution >= 4 is 29.9 Å². The van der Waals surface area contributed by atoms with Crippen LogP contribution < -0.4 is 11.1 Å². The van der Waals surface area contributed by atoms with Crippen molar-refractivity contribution in [3.05, 3.63) is 47.5 Å². The normalized spacial score (nSPS) is 14.3. The van der Waals surface area contributed by atoms with E-state index in [0.29, 0.717) is 12.5 Å². The van der Waals surface area contributed by atoms with Gasteiger partial charge in [0.15, 0.2) is 5.96 Å². The minimum atomic E-state index is 0. The van der Waals surface area contributed by atoms with Gasteiger partial charge in [0.1, 0.15) is 11.6 Å². The zero-order chi connectivity index (χ0) is 16.6. The quantitative estimate of drug-likeness (QED) is 0.399. The van der Waals surface area contributed by atoms with E-state index in [1.807, 2.05) is 18.2 Å². The molecule has 0 atom stereocenters. The van der Waals surface area contributed by atoms with Crippen LogP contribution in [0.2, 0.25) is 0 Å². The van der Waals surface area contributed by atoms with Crippen LogP contribution in [0.4, 0.5) is 0 Å². The summed E-state index contributed by atoms with van der Waals surface area (Å²) in [6, 6.07) is 10.4. The monoisotopic (exact) mass is 454 g/mol. The largest absolute Gasteiger partial charge is 0.370 e. The number of fused-ring (bicyclic) bond motifs is 1. The fraction of sp³-hybridized carbons (Fsp3) is 0.500. The van der Waals surface area contributed by atoms with Gasteiger partial charge in [-0.15, -0.1) is 34.2 Å². The molecule has 1 aliphatic heterocycles. The minimum Gasteiger partial charge on any atom is -0.370 e. The Labute approximate surface area is 166 Å². The number of halogens is 1. The van der Waals surface area contributed by atoms with Gasteiger partial charge in [0, 0.05) is 32.5 Å². The van der Waals surface area contributed by atoms with Crippen LogP contribution in [0.1, 0.15) is 36.5 Å². The van der Waals surface area contributed by atoms with E-state index in [4.69, 9.17) is 5.73 Å². The van der Waals surface area contributed by atoms with Gasteiger partial charge in [-0.1, -0.05) is 36.8 Å². The zero-order valence-corrected chi connectivity index (χ0v) is 16.9. The van der Waals surface area contributed by atoms with E-state index >= 15 is 0 Å². The number of rotatable bonds is 6. The Morgan fingerprint density at radius 1 is 1.12 bits per heavy atom. The summed E-state index contributed by atoms with van der Waals surface area (Å²) in [5.41, 5.74) is 7.23. The molecule has 2 aromatic rings. The molecule has 0 saturated heterocycles. The molecule has 0 fully saturated rings. The third kappa shape index (κ3) is 5.98. The molecule has 3 N–H and O–H groups in total. The van der Waals surface area contributed by atoms with E-state index in [1.165, 1.54) is 24.8 Å².